The smallest absolute Gasteiger partial charge is 0.417 e. The van der Waals surface area contributed by atoms with Crippen LogP contribution >= 0.6 is 11.8 Å². The summed E-state index contributed by atoms with van der Waals surface area (Å²) in [5.41, 5.74) is 2.07. The predicted octanol–water partition coefficient (Wildman–Crippen LogP) is 4.46. The number of carbonyl (C=O) groups is 1. The minimum atomic E-state index is -5.02. The molecule has 4 heterocycles. The van der Waals surface area contributed by atoms with Gasteiger partial charge in [0.25, 0.3) is 0 Å². The van der Waals surface area contributed by atoms with Gasteiger partial charge in [0.1, 0.15) is 17.5 Å². The van der Waals surface area contributed by atoms with Crippen LogP contribution in [0.15, 0.2) is 40.3 Å². The topological polar surface area (TPSA) is 135 Å². The number of hydrogen-bond donors (Lipinski definition) is 2. The number of alkyl halides is 3. The fourth-order valence-electron chi connectivity index (χ4n) is 6.08. The van der Waals surface area contributed by atoms with Crippen LogP contribution in [-0.4, -0.2) is 71.6 Å². The summed E-state index contributed by atoms with van der Waals surface area (Å²) in [5, 5.41) is 17.4. The number of nitrogens with two attached hydrogens (primary N) is 1. The van der Waals surface area contributed by atoms with E-state index >= 15 is 4.39 Å². The Morgan fingerprint density at radius 3 is 2.41 bits per heavy atom. The van der Waals surface area contributed by atoms with Gasteiger partial charge in [0.15, 0.2) is 0 Å². The second-order valence-electron chi connectivity index (χ2n) is 10.8. The Morgan fingerprint density at radius 2 is 1.80 bits per heavy atom. The number of amides is 1. The van der Waals surface area contributed by atoms with E-state index in [9.17, 15) is 32.3 Å². The van der Waals surface area contributed by atoms with Gasteiger partial charge in [-0.1, -0.05) is 5.21 Å². The van der Waals surface area contributed by atoms with E-state index in [2.05, 4.69) is 15.3 Å². The van der Waals surface area contributed by atoms with Crippen LogP contribution in [0.5, 0.6) is 0 Å². The molecule has 44 heavy (non-hydrogen) atoms. The molecular weight excluding hydrogens is 611 g/mol. The molecule has 6 rings (SSSR count). The van der Waals surface area contributed by atoms with Crippen molar-refractivity contribution in [2.45, 2.75) is 49.6 Å². The molecule has 0 bridgehead atoms. The monoisotopic (exact) mass is 636 g/mol. The standard InChI is InChI=1S/C27H25F5N8O3S/c1-12-8-37(9-13(2)40(12)26(42)43)24-16-5-17(27(30,31)32)21(15-6-20(33)19(29)7-18(15)28)23-22(16)38(25(41)35-24)10-14(11-44-23)39-4-3-34-36-39/h3-7,12-14H,8-11,33H2,1-2H3,(H,42,43)/t12-,13+,14-/m0/s1. The number of rotatable bonds is 3. The number of thioether (sulfide) groups is 1. The van der Waals surface area contributed by atoms with Gasteiger partial charge in [-0.25, -0.2) is 23.1 Å². The van der Waals surface area contributed by atoms with E-state index in [-0.39, 0.29) is 47.0 Å². The molecule has 0 aliphatic carbocycles. The number of nitrogen functional groups attached to an aromatic ring is 1. The number of nitrogens with zero attached hydrogens (tertiary/aromatic N) is 7. The average molecular weight is 637 g/mol. The van der Waals surface area contributed by atoms with Gasteiger partial charge in [0, 0.05) is 52.5 Å². The lowest BCUT2D eigenvalue weighted by molar-refractivity contribution is -0.137. The molecule has 0 radical (unpaired) electrons. The maximum atomic E-state index is 15.3. The lowest BCUT2D eigenvalue weighted by Gasteiger charge is -2.43. The van der Waals surface area contributed by atoms with Crippen LogP contribution in [0.1, 0.15) is 25.5 Å². The summed E-state index contributed by atoms with van der Waals surface area (Å²) in [5.74, 6) is -2.32. The minimum Gasteiger partial charge on any atom is -0.465 e. The number of halogens is 5. The van der Waals surface area contributed by atoms with E-state index in [0.29, 0.717) is 6.07 Å². The highest BCUT2D eigenvalue weighted by Gasteiger charge is 2.40. The fourth-order valence-corrected chi connectivity index (χ4v) is 7.42. The van der Waals surface area contributed by atoms with Crippen molar-refractivity contribution >= 4 is 40.3 Å². The Morgan fingerprint density at radius 1 is 1.09 bits per heavy atom. The lowest BCUT2D eigenvalue weighted by Crippen LogP contribution is -2.58. The van der Waals surface area contributed by atoms with Crippen LogP contribution in [0.25, 0.3) is 22.0 Å². The highest BCUT2D eigenvalue weighted by molar-refractivity contribution is 7.99. The van der Waals surface area contributed by atoms with Crippen molar-refractivity contribution in [1.29, 1.82) is 0 Å². The summed E-state index contributed by atoms with van der Waals surface area (Å²) < 4.78 is 76.8. The summed E-state index contributed by atoms with van der Waals surface area (Å²) in [4.78, 5) is 32.5. The third-order valence-electron chi connectivity index (χ3n) is 7.93. The largest absolute Gasteiger partial charge is 0.465 e. The van der Waals surface area contributed by atoms with Crippen LogP contribution in [0, 0.1) is 11.6 Å². The van der Waals surface area contributed by atoms with Gasteiger partial charge in [0.05, 0.1) is 47.6 Å². The number of benzene rings is 2. The second kappa shape index (κ2) is 10.6. The Bertz CT molecular complexity index is 1840. The molecule has 1 amide bonds. The number of piperazine rings is 1. The number of hydrogen-bond acceptors (Lipinski definition) is 8. The molecule has 0 spiro atoms. The first-order chi connectivity index (χ1) is 20.8. The predicted molar refractivity (Wildman–Crippen MR) is 152 cm³/mol. The van der Waals surface area contributed by atoms with Gasteiger partial charge in [-0.15, -0.1) is 16.9 Å². The lowest BCUT2D eigenvalue weighted by atomic mass is 9.95. The normalized spacial score (nSPS) is 20.7. The highest BCUT2D eigenvalue weighted by Crippen LogP contribution is 2.49. The van der Waals surface area contributed by atoms with E-state index in [0.717, 1.165) is 23.9 Å². The van der Waals surface area contributed by atoms with E-state index in [4.69, 9.17) is 5.73 Å². The first-order valence-electron chi connectivity index (χ1n) is 13.4. The van der Waals surface area contributed by atoms with Gasteiger partial charge in [-0.3, -0.25) is 9.47 Å². The van der Waals surface area contributed by atoms with E-state index in [1.54, 1.807) is 24.9 Å². The van der Waals surface area contributed by atoms with Crippen molar-refractivity contribution in [1.82, 2.24) is 29.4 Å². The van der Waals surface area contributed by atoms with Crippen LogP contribution in [0.2, 0.25) is 0 Å². The molecular formula is C27H25F5N8O3S. The summed E-state index contributed by atoms with van der Waals surface area (Å²) in [6.07, 6.45) is -3.19. The zero-order chi connectivity index (χ0) is 31.7. The quantitative estimate of drug-likeness (QED) is 0.247. The summed E-state index contributed by atoms with van der Waals surface area (Å²) in [7, 11) is 0. The van der Waals surface area contributed by atoms with Crippen LogP contribution in [0.4, 0.5) is 38.3 Å². The molecule has 2 aromatic heterocycles. The van der Waals surface area contributed by atoms with Crippen molar-refractivity contribution in [3.8, 4) is 11.1 Å². The highest BCUT2D eigenvalue weighted by atomic mass is 32.2. The third-order valence-corrected chi connectivity index (χ3v) is 9.17. The molecule has 11 nitrogen and oxygen atoms in total. The Hall–Kier alpha value is -4.41. The maximum absolute atomic E-state index is 15.3. The van der Waals surface area contributed by atoms with Crippen molar-refractivity contribution in [3.05, 3.63) is 58.3 Å². The Balaban J connectivity index is 1.68. The van der Waals surface area contributed by atoms with Gasteiger partial charge in [-0.2, -0.15) is 18.2 Å². The van der Waals surface area contributed by atoms with Gasteiger partial charge in [0.2, 0.25) is 0 Å². The summed E-state index contributed by atoms with van der Waals surface area (Å²) in [6.45, 7) is 3.38. The van der Waals surface area contributed by atoms with E-state index in [1.165, 1.54) is 20.3 Å². The Labute approximate surface area is 250 Å². The zero-order valence-electron chi connectivity index (χ0n) is 23.2. The molecule has 4 aromatic rings. The molecule has 2 aromatic carbocycles. The molecule has 2 aliphatic heterocycles. The number of anilines is 2. The minimum absolute atomic E-state index is 0.0268. The molecule has 2 aliphatic rings. The number of carboxylic acid groups (broad SMARTS) is 1. The number of aromatic nitrogens is 5. The second-order valence-corrected chi connectivity index (χ2v) is 11.9. The van der Waals surface area contributed by atoms with Crippen molar-refractivity contribution in [3.63, 3.8) is 0 Å². The van der Waals surface area contributed by atoms with E-state index < -0.39 is 70.1 Å². The van der Waals surface area contributed by atoms with Crippen LogP contribution < -0.4 is 16.3 Å². The summed E-state index contributed by atoms with van der Waals surface area (Å²) >= 11 is 0.966. The molecule has 3 atom stereocenters. The van der Waals surface area contributed by atoms with Crippen LogP contribution in [0.3, 0.4) is 0 Å². The molecule has 1 fully saturated rings. The molecule has 0 saturated carbocycles. The molecule has 0 unspecified atom stereocenters. The molecule has 232 valence electrons. The molecule has 17 heteroatoms. The van der Waals surface area contributed by atoms with Gasteiger partial charge >= 0.3 is 18.0 Å². The van der Waals surface area contributed by atoms with Crippen molar-refractivity contribution in [2.75, 3.05) is 29.5 Å². The van der Waals surface area contributed by atoms with Crippen LogP contribution in [-0.2, 0) is 12.7 Å². The average Bonchev–Trinajstić information content (AvgIpc) is 3.39. The first-order valence-corrected chi connectivity index (χ1v) is 14.4. The molecule has 1 saturated heterocycles. The first kappa shape index (κ1) is 29.7. The van der Waals surface area contributed by atoms with Crippen molar-refractivity contribution < 1.29 is 31.9 Å². The van der Waals surface area contributed by atoms with Crippen molar-refractivity contribution in [2.24, 2.45) is 0 Å². The fraction of sp³-hybridized carbons (Fsp3) is 0.370. The summed E-state index contributed by atoms with van der Waals surface area (Å²) in [6, 6.07) is 0.367. The SMILES string of the molecule is C[C@@H]1CN(c2nc(=O)n3c4c(c(-c5cc(N)c(F)cc5F)c(C(F)(F)F)cc24)SC[C@@H](n2ccnn2)C3)C[C@H](C)N1C(=O)O. The zero-order valence-corrected chi connectivity index (χ0v) is 24.0. The van der Waals surface area contributed by atoms with E-state index in [1.807, 2.05) is 0 Å². The van der Waals surface area contributed by atoms with Gasteiger partial charge < -0.3 is 15.7 Å². The maximum Gasteiger partial charge on any atom is 0.417 e. The Kier molecular flexibility index (Phi) is 7.17. The third kappa shape index (κ3) is 4.88. The molecule has 3 N–H and O–H groups in total. The van der Waals surface area contributed by atoms with Gasteiger partial charge in [-0.05, 0) is 26.0 Å².